The van der Waals surface area contributed by atoms with Gasteiger partial charge in [-0.15, -0.1) is 0 Å². The summed E-state index contributed by atoms with van der Waals surface area (Å²) in [7, 11) is 0. The van der Waals surface area contributed by atoms with Gasteiger partial charge in [0.05, 0.1) is 33.0 Å². The third kappa shape index (κ3) is 9.99. The SMILES string of the molecule is [N-]=[N+]=NCc1cc(C(=O)NCCCO[C@H]2O[C@@H](CO)[C@H](O)[C@@H](O)[C@@H]2O)cc(C(=O)NCCCO[C@H]2O[C@@H](CO)[C@H](O)[C@@H](O)[C@@H]2O)c1. The quantitative estimate of drug-likeness (QED) is 0.0355. The molecule has 10 atom stereocenters. The molecule has 3 rings (SSSR count). The number of carbonyl (C=O) groups excluding carboxylic acids is 2. The number of aliphatic hydroxyl groups excluding tert-OH is 8. The van der Waals surface area contributed by atoms with Crippen LogP contribution in [-0.4, -0.2) is 154 Å². The fourth-order valence-corrected chi connectivity index (χ4v) is 4.72. The predicted molar refractivity (Wildman–Crippen MR) is 153 cm³/mol. The minimum Gasteiger partial charge on any atom is -0.394 e. The second-order valence-electron chi connectivity index (χ2n) is 10.7. The number of carbonyl (C=O) groups is 2. The highest BCUT2D eigenvalue weighted by molar-refractivity contribution is 6.00. The lowest BCUT2D eigenvalue weighted by molar-refractivity contribution is -0.301. The van der Waals surface area contributed by atoms with Crippen LogP contribution in [0.1, 0.15) is 39.1 Å². The largest absolute Gasteiger partial charge is 0.394 e. The number of benzene rings is 1. The second-order valence-corrected chi connectivity index (χ2v) is 10.7. The van der Waals surface area contributed by atoms with Crippen LogP contribution in [0.3, 0.4) is 0 Å². The highest BCUT2D eigenvalue weighted by Crippen LogP contribution is 2.23. The van der Waals surface area contributed by atoms with Crippen LogP contribution in [0.2, 0.25) is 0 Å². The van der Waals surface area contributed by atoms with Crippen LogP contribution in [0.25, 0.3) is 10.4 Å². The molecule has 0 saturated carbocycles. The van der Waals surface area contributed by atoms with Crippen LogP contribution in [0, 0.1) is 0 Å². The average Bonchev–Trinajstić information content (AvgIpc) is 3.06. The van der Waals surface area contributed by atoms with Gasteiger partial charge in [-0.05, 0) is 42.1 Å². The lowest BCUT2D eigenvalue weighted by atomic mass is 9.99. The first-order valence-corrected chi connectivity index (χ1v) is 14.6. The van der Waals surface area contributed by atoms with Crippen LogP contribution in [0.15, 0.2) is 23.3 Å². The Balaban J connectivity index is 1.48. The Morgan fingerprint density at radius 1 is 0.739 bits per heavy atom. The predicted octanol–water partition coefficient (Wildman–Crippen LogP) is -3.63. The lowest BCUT2D eigenvalue weighted by Crippen LogP contribution is -2.59. The van der Waals surface area contributed by atoms with E-state index in [-0.39, 0.29) is 56.8 Å². The zero-order valence-corrected chi connectivity index (χ0v) is 24.7. The molecule has 0 bridgehead atoms. The third-order valence-corrected chi connectivity index (χ3v) is 7.31. The molecule has 46 heavy (non-hydrogen) atoms. The van der Waals surface area contributed by atoms with Gasteiger partial charge < -0.3 is 70.4 Å². The lowest BCUT2D eigenvalue weighted by Gasteiger charge is -2.39. The summed E-state index contributed by atoms with van der Waals surface area (Å²) in [5.41, 5.74) is 9.31. The van der Waals surface area contributed by atoms with Gasteiger partial charge in [-0.1, -0.05) is 5.11 Å². The second kappa shape index (κ2) is 18.4. The summed E-state index contributed by atoms with van der Waals surface area (Å²) in [6.07, 6.45) is -13.6. The number of amides is 2. The molecule has 2 aliphatic rings. The van der Waals surface area contributed by atoms with Crippen molar-refractivity contribution >= 4 is 11.8 Å². The maximum atomic E-state index is 12.8. The van der Waals surface area contributed by atoms with Gasteiger partial charge in [0, 0.05) is 29.1 Å². The van der Waals surface area contributed by atoms with E-state index in [2.05, 4.69) is 20.7 Å². The Kier molecular flexibility index (Phi) is 14.9. The molecule has 19 nitrogen and oxygen atoms in total. The molecule has 1 aromatic rings. The van der Waals surface area contributed by atoms with Crippen LogP contribution >= 0.6 is 0 Å². The molecule has 2 saturated heterocycles. The van der Waals surface area contributed by atoms with Gasteiger partial charge in [0.1, 0.15) is 48.8 Å². The standard InChI is InChI=1S/C27H41N5O14/c28-32-31-10-13-7-14(24(41)29-3-1-5-43-26-22(39)20(37)18(35)16(11-33)45-26)9-15(8-13)25(42)30-4-2-6-44-27-23(40)21(38)19(36)17(12-34)46-27/h7-9,16-23,26-27,33-40H,1-6,10-12H2,(H,29,41)(H,30,42)/t16-,17-,18-,19-,20+,21+,22-,23-,26-,27-/m0/s1. The Bertz CT molecular complexity index is 1110. The average molecular weight is 660 g/mol. The molecule has 2 heterocycles. The van der Waals surface area contributed by atoms with Crippen LogP contribution < -0.4 is 10.6 Å². The fourth-order valence-electron chi connectivity index (χ4n) is 4.72. The van der Waals surface area contributed by atoms with E-state index in [9.17, 15) is 50.4 Å². The van der Waals surface area contributed by atoms with E-state index in [0.29, 0.717) is 5.56 Å². The monoisotopic (exact) mass is 659 g/mol. The molecule has 0 aromatic heterocycles. The summed E-state index contributed by atoms with van der Waals surface area (Å²) in [5.74, 6) is -1.09. The highest BCUT2D eigenvalue weighted by Gasteiger charge is 2.45. The molecule has 0 spiro atoms. The van der Waals surface area contributed by atoms with Gasteiger partial charge in [-0.3, -0.25) is 9.59 Å². The van der Waals surface area contributed by atoms with Gasteiger partial charge in [0.2, 0.25) is 0 Å². The topological polar surface area (TPSA) is 306 Å². The fraction of sp³-hybridized carbons (Fsp3) is 0.704. The molecular formula is C27H41N5O14. The number of azide groups is 1. The molecule has 0 unspecified atom stereocenters. The molecular weight excluding hydrogens is 618 g/mol. The summed E-state index contributed by atoms with van der Waals surface area (Å²) in [6, 6.07) is 4.26. The highest BCUT2D eigenvalue weighted by atomic mass is 16.7. The van der Waals surface area contributed by atoms with Gasteiger partial charge in [-0.25, -0.2) is 0 Å². The number of nitrogens with one attached hydrogen (secondary N) is 2. The molecule has 1 aromatic carbocycles. The van der Waals surface area contributed by atoms with Crippen LogP contribution in [0.5, 0.6) is 0 Å². The van der Waals surface area contributed by atoms with Crippen molar-refractivity contribution in [2.75, 3.05) is 39.5 Å². The Hall–Kier alpha value is -3.01. The molecule has 10 N–H and O–H groups in total. The van der Waals surface area contributed by atoms with Crippen molar-refractivity contribution in [3.8, 4) is 0 Å². The number of hydrogen-bond donors (Lipinski definition) is 10. The zero-order chi connectivity index (χ0) is 33.8. The third-order valence-electron chi connectivity index (χ3n) is 7.31. The number of aliphatic hydroxyl groups is 8. The maximum absolute atomic E-state index is 12.8. The van der Waals surface area contributed by atoms with Crippen molar-refractivity contribution in [1.29, 1.82) is 0 Å². The van der Waals surface area contributed by atoms with E-state index in [4.69, 9.17) is 24.5 Å². The van der Waals surface area contributed by atoms with Crippen molar-refractivity contribution in [3.63, 3.8) is 0 Å². The molecule has 2 aliphatic heterocycles. The first-order valence-electron chi connectivity index (χ1n) is 14.6. The van der Waals surface area contributed by atoms with E-state index in [0.717, 1.165) is 0 Å². The van der Waals surface area contributed by atoms with E-state index >= 15 is 0 Å². The van der Waals surface area contributed by atoms with Crippen molar-refractivity contribution in [2.45, 2.75) is 80.8 Å². The van der Waals surface area contributed by atoms with E-state index in [1.54, 1.807) is 0 Å². The van der Waals surface area contributed by atoms with Crippen LogP contribution in [0.4, 0.5) is 0 Å². The van der Waals surface area contributed by atoms with Gasteiger partial charge >= 0.3 is 0 Å². The normalized spacial score (nSPS) is 31.1. The number of ether oxygens (including phenoxy) is 4. The van der Waals surface area contributed by atoms with Gasteiger partial charge in [0.25, 0.3) is 11.8 Å². The van der Waals surface area contributed by atoms with Crippen molar-refractivity contribution in [3.05, 3.63) is 45.3 Å². The van der Waals surface area contributed by atoms with E-state index in [1.807, 2.05) is 0 Å². The molecule has 0 aliphatic carbocycles. The molecule has 19 heteroatoms. The van der Waals surface area contributed by atoms with Crippen molar-refractivity contribution < 1.29 is 69.4 Å². The van der Waals surface area contributed by atoms with Crippen LogP contribution in [-0.2, 0) is 25.5 Å². The zero-order valence-electron chi connectivity index (χ0n) is 24.7. The maximum Gasteiger partial charge on any atom is 0.251 e. The van der Waals surface area contributed by atoms with E-state index in [1.165, 1.54) is 18.2 Å². The van der Waals surface area contributed by atoms with E-state index < -0.39 is 86.4 Å². The molecule has 2 amide bonds. The smallest absolute Gasteiger partial charge is 0.251 e. The Labute approximate surface area is 262 Å². The molecule has 0 radical (unpaired) electrons. The van der Waals surface area contributed by atoms with Gasteiger partial charge in [0.15, 0.2) is 12.6 Å². The number of hydrogen-bond acceptors (Lipinski definition) is 15. The Morgan fingerprint density at radius 3 is 1.57 bits per heavy atom. The summed E-state index contributed by atoms with van der Waals surface area (Å²) < 4.78 is 21.3. The summed E-state index contributed by atoms with van der Waals surface area (Å²) in [5, 5.41) is 86.8. The molecule has 2 fully saturated rings. The summed E-state index contributed by atoms with van der Waals surface area (Å²) in [6.45, 7) is -1.15. The van der Waals surface area contributed by atoms with Crippen molar-refractivity contribution in [1.82, 2.24) is 10.6 Å². The minimum absolute atomic E-state index is 0.0202. The first kappa shape index (κ1) is 37.4. The van der Waals surface area contributed by atoms with Crippen molar-refractivity contribution in [2.24, 2.45) is 5.11 Å². The molecule has 258 valence electrons. The number of rotatable bonds is 16. The van der Waals surface area contributed by atoms with Gasteiger partial charge in [-0.2, -0.15) is 0 Å². The minimum atomic E-state index is -1.58. The summed E-state index contributed by atoms with van der Waals surface area (Å²) in [4.78, 5) is 28.4. The Morgan fingerprint density at radius 2 is 1.17 bits per heavy atom. The number of nitrogens with zero attached hydrogens (tertiary/aromatic N) is 3. The summed E-state index contributed by atoms with van der Waals surface area (Å²) >= 11 is 0. The first-order chi connectivity index (χ1) is 22.0.